The molecule has 0 atom stereocenters. The average Bonchev–Trinajstić information content (AvgIpc) is 2.38. The zero-order valence-electron chi connectivity index (χ0n) is 9.12. The highest BCUT2D eigenvalue weighted by molar-refractivity contribution is 6.43. The number of halogens is 4. The summed E-state index contributed by atoms with van der Waals surface area (Å²) in [7, 11) is 0. The zero-order valence-corrected chi connectivity index (χ0v) is 10.6. The lowest BCUT2D eigenvalue weighted by molar-refractivity contribution is 0.102. The van der Waals surface area contributed by atoms with Crippen molar-refractivity contribution in [3.8, 4) is 0 Å². The molecule has 0 spiro atoms. The van der Waals surface area contributed by atoms with E-state index in [2.05, 4.69) is 15.3 Å². The summed E-state index contributed by atoms with van der Waals surface area (Å²) in [6.45, 7) is 0. The third kappa shape index (κ3) is 2.97. The summed E-state index contributed by atoms with van der Waals surface area (Å²) >= 11 is 11.4. The molecule has 0 saturated heterocycles. The molecule has 2 aromatic rings. The molecule has 1 aromatic carbocycles. The van der Waals surface area contributed by atoms with E-state index >= 15 is 0 Å². The number of hydrogen-bond donors (Lipinski definition) is 1. The van der Waals surface area contributed by atoms with Crippen molar-refractivity contribution in [1.29, 1.82) is 0 Å². The smallest absolute Gasteiger partial charge is 0.259 e. The summed E-state index contributed by atoms with van der Waals surface area (Å²) in [5, 5.41) is 2.07. The Kier molecular flexibility index (Phi) is 3.92. The molecule has 1 N–H and O–H groups in total. The molecule has 0 saturated carbocycles. The molecule has 0 bridgehead atoms. The van der Waals surface area contributed by atoms with Crippen molar-refractivity contribution in [3.63, 3.8) is 0 Å². The van der Waals surface area contributed by atoms with E-state index in [1.54, 1.807) is 0 Å². The highest BCUT2D eigenvalue weighted by Gasteiger charge is 2.16. The molecule has 0 aliphatic rings. The maximum absolute atomic E-state index is 13.4. The monoisotopic (exact) mass is 303 g/mol. The lowest BCUT2D eigenvalue weighted by Crippen LogP contribution is -2.15. The van der Waals surface area contributed by atoms with Crippen molar-refractivity contribution < 1.29 is 13.6 Å². The van der Waals surface area contributed by atoms with Crippen molar-refractivity contribution in [1.82, 2.24) is 9.97 Å². The number of carbonyl (C=O) groups excluding carboxylic acids is 1. The van der Waals surface area contributed by atoms with Crippen LogP contribution >= 0.6 is 23.2 Å². The van der Waals surface area contributed by atoms with Crippen LogP contribution in [0.4, 0.5) is 14.6 Å². The third-order valence-corrected chi connectivity index (χ3v) is 2.89. The Morgan fingerprint density at radius 2 is 1.95 bits per heavy atom. The van der Waals surface area contributed by atoms with Crippen LogP contribution in [0.15, 0.2) is 24.5 Å². The predicted octanol–water partition coefficient (Wildman–Crippen LogP) is 3.31. The van der Waals surface area contributed by atoms with Crippen molar-refractivity contribution >= 4 is 34.9 Å². The van der Waals surface area contributed by atoms with Crippen LogP contribution in [0.2, 0.25) is 10.2 Å². The van der Waals surface area contributed by atoms with Crippen LogP contribution in [0.25, 0.3) is 0 Å². The number of nitrogens with zero attached hydrogens (tertiary/aromatic N) is 2. The Labute approximate surface area is 116 Å². The number of amides is 1. The molecular formula is C11H5Cl2F2N3O. The van der Waals surface area contributed by atoms with Crippen LogP contribution in [-0.2, 0) is 0 Å². The Hall–Kier alpha value is -1.79. The van der Waals surface area contributed by atoms with Gasteiger partial charge in [0, 0.05) is 0 Å². The molecule has 0 aliphatic carbocycles. The minimum Gasteiger partial charge on any atom is -0.305 e. The lowest BCUT2D eigenvalue weighted by atomic mass is 10.2. The van der Waals surface area contributed by atoms with Gasteiger partial charge in [0.15, 0.2) is 11.0 Å². The molecule has 0 unspecified atom stereocenters. The first kappa shape index (κ1) is 13.6. The highest BCUT2D eigenvalue weighted by Crippen LogP contribution is 2.25. The predicted molar refractivity (Wildman–Crippen MR) is 66.4 cm³/mol. The van der Waals surface area contributed by atoms with Gasteiger partial charge in [0.1, 0.15) is 23.0 Å². The van der Waals surface area contributed by atoms with Crippen molar-refractivity contribution in [3.05, 3.63) is 51.9 Å². The summed E-state index contributed by atoms with van der Waals surface area (Å²) in [6, 6.07) is 2.51. The topological polar surface area (TPSA) is 54.9 Å². The van der Waals surface area contributed by atoms with Crippen LogP contribution in [-0.4, -0.2) is 15.9 Å². The van der Waals surface area contributed by atoms with E-state index in [0.29, 0.717) is 0 Å². The Balaban J connectivity index is 2.31. The molecule has 0 aliphatic heterocycles. The Morgan fingerprint density at radius 3 is 2.68 bits per heavy atom. The number of nitrogens with one attached hydrogen (secondary N) is 1. The van der Waals surface area contributed by atoms with Gasteiger partial charge in [-0.3, -0.25) is 4.79 Å². The Morgan fingerprint density at radius 1 is 1.21 bits per heavy atom. The SMILES string of the molecule is O=C(Nc1ncnc(Cl)c1Cl)c1cc(F)ccc1F. The fourth-order valence-electron chi connectivity index (χ4n) is 1.28. The number of rotatable bonds is 2. The summed E-state index contributed by atoms with van der Waals surface area (Å²) in [5.41, 5.74) is -0.467. The molecule has 1 aromatic heterocycles. The van der Waals surface area contributed by atoms with Gasteiger partial charge < -0.3 is 5.32 Å². The lowest BCUT2D eigenvalue weighted by Gasteiger charge is -2.07. The third-order valence-electron chi connectivity index (χ3n) is 2.15. The van der Waals surface area contributed by atoms with E-state index in [4.69, 9.17) is 23.2 Å². The molecule has 4 nitrogen and oxygen atoms in total. The molecule has 19 heavy (non-hydrogen) atoms. The molecule has 1 heterocycles. The van der Waals surface area contributed by atoms with Gasteiger partial charge in [-0.2, -0.15) is 0 Å². The van der Waals surface area contributed by atoms with Crippen LogP contribution in [0.3, 0.4) is 0 Å². The highest BCUT2D eigenvalue weighted by atomic mass is 35.5. The van der Waals surface area contributed by atoms with Crippen LogP contribution in [0.5, 0.6) is 0 Å². The number of aromatic nitrogens is 2. The van der Waals surface area contributed by atoms with E-state index in [-0.39, 0.29) is 16.0 Å². The molecule has 98 valence electrons. The summed E-state index contributed by atoms with van der Waals surface area (Å²) in [5.74, 6) is -2.59. The van der Waals surface area contributed by atoms with Crippen molar-refractivity contribution in [2.75, 3.05) is 5.32 Å². The van der Waals surface area contributed by atoms with Crippen LogP contribution < -0.4 is 5.32 Å². The largest absolute Gasteiger partial charge is 0.305 e. The van der Waals surface area contributed by atoms with Gasteiger partial charge in [-0.25, -0.2) is 18.7 Å². The average molecular weight is 304 g/mol. The summed E-state index contributed by atoms with van der Waals surface area (Å²) in [4.78, 5) is 19.0. The van der Waals surface area contributed by atoms with Gasteiger partial charge in [-0.15, -0.1) is 0 Å². The summed E-state index contributed by atoms with van der Waals surface area (Å²) < 4.78 is 26.4. The second-order valence-corrected chi connectivity index (χ2v) is 4.14. The Bertz CT molecular complexity index is 652. The standard InChI is InChI=1S/C11H5Cl2F2N3O/c12-8-9(13)16-4-17-10(8)18-11(19)6-3-5(14)1-2-7(6)15/h1-4H,(H,16,17,18,19). The molecule has 2 rings (SSSR count). The van der Waals surface area contributed by atoms with E-state index in [9.17, 15) is 13.6 Å². The fraction of sp³-hybridized carbons (Fsp3) is 0. The van der Waals surface area contributed by atoms with E-state index in [1.165, 1.54) is 0 Å². The number of benzene rings is 1. The summed E-state index contributed by atoms with van der Waals surface area (Å²) in [6.07, 6.45) is 1.08. The van der Waals surface area contributed by atoms with E-state index in [1.807, 2.05) is 0 Å². The van der Waals surface area contributed by atoms with Gasteiger partial charge in [-0.1, -0.05) is 23.2 Å². The van der Waals surface area contributed by atoms with Gasteiger partial charge >= 0.3 is 0 Å². The molecule has 1 amide bonds. The quantitative estimate of drug-likeness (QED) is 0.866. The van der Waals surface area contributed by atoms with Gasteiger partial charge in [0.05, 0.1) is 5.56 Å². The second-order valence-electron chi connectivity index (χ2n) is 3.41. The minimum absolute atomic E-state index is 0.0633. The first-order chi connectivity index (χ1) is 8.99. The zero-order chi connectivity index (χ0) is 14.0. The van der Waals surface area contributed by atoms with Gasteiger partial charge in [0.25, 0.3) is 5.91 Å². The van der Waals surface area contributed by atoms with Crippen molar-refractivity contribution in [2.24, 2.45) is 0 Å². The maximum atomic E-state index is 13.4. The van der Waals surface area contributed by atoms with E-state index < -0.39 is 23.1 Å². The first-order valence-electron chi connectivity index (χ1n) is 4.91. The van der Waals surface area contributed by atoms with Crippen LogP contribution in [0, 0.1) is 11.6 Å². The number of hydrogen-bond acceptors (Lipinski definition) is 3. The number of carbonyl (C=O) groups is 1. The minimum atomic E-state index is -0.895. The molecule has 0 fully saturated rings. The van der Waals surface area contributed by atoms with Crippen molar-refractivity contribution in [2.45, 2.75) is 0 Å². The van der Waals surface area contributed by atoms with Gasteiger partial charge in [0.2, 0.25) is 0 Å². The van der Waals surface area contributed by atoms with Gasteiger partial charge in [-0.05, 0) is 18.2 Å². The maximum Gasteiger partial charge on any atom is 0.259 e. The van der Waals surface area contributed by atoms with E-state index in [0.717, 1.165) is 24.5 Å². The normalized spacial score (nSPS) is 10.3. The first-order valence-corrected chi connectivity index (χ1v) is 5.67. The number of anilines is 1. The molecule has 8 heteroatoms. The molecular weight excluding hydrogens is 299 g/mol. The van der Waals surface area contributed by atoms with Crippen LogP contribution in [0.1, 0.15) is 10.4 Å². The second kappa shape index (κ2) is 5.46. The molecule has 0 radical (unpaired) electrons. The fourth-order valence-corrected chi connectivity index (χ4v) is 1.56.